The Morgan fingerprint density at radius 3 is 2.72 bits per heavy atom. The van der Waals surface area contributed by atoms with Gasteiger partial charge in [-0.15, -0.1) is 0 Å². The second-order valence-electron chi connectivity index (χ2n) is 5.17. The van der Waals surface area contributed by atoms with Crippen LogP contribution in [0.15, 0.2) is 0 Å². The maximum Gasteiger partial charge on any atom is 0.140 e. The second kappa shape index (κ2) is 5.90. The number of unbranched alkanes of at least 4 members (excludes halogenated alkanes) is 2. The van der Waals surface area contributed by atoms with Crippen molar-refractivity contribution in [3.05, 3.63) is 11.3 Å². The molecule has 0 saturated heterocycles. The largest absolute Gasteiger partial charge is 0.383 e. The Morgan fingerprint density at radius 2 is 2.11 bits per heavy atom. The van der Waals surface area contributed by atoms with Crippen molar-refractivity contribution in [2.75, 3.05) is 5.73 Å². The van der Waals surface area contributed by atoms with Crippen LogP contribution in [0.4, 0.5) is 5.82 Å². The fourth-order valence-corrected chi connectivity index (χ4v) is 2.78. The summed E-state index contributed by atoms with van der Waals surface area (Å²) in [6.07, 6.45) is 8.25. The normalized spacial score (nSPS) is 16.0. The molecule has 1 aromatic rings. The van der Waals surface area contributed by atoms with Gasteiger partial charge in [-0.2, -0.15) is 10.4 Å². The van der Waals surface area contributed by atoms with Gasteiger partial charge in [-0.1, -0.05) is 32.6 Å². The number of aryl methyl sites for hydroxylation is 1. The Labute approximate surface area is 109 Å². The number of nitrogens with two attached hydrogens (primary N) is 1. The van der Waals surface area contributed by atoms with E-state index in [0.29, 0.717) is 17.3 Å². The van der Waals surface area contributed by atoms with Crippen molar-refractivity contribution in [1.29, 1.82) is 5.26 Å². The van der Waals surface area contributed by atoms with Crippen LogP contribution in [-0.2, 0) is 6.54 Å². The average Bonchev–Trinajstić information content (AvgIpc) is 2.98. The van der Waals surface area contributed by atoms with Gasteiger partial charge >= 0.3 is 0 Å². The van der Waals surface area contributed by atoms with E-state index in [1.54, 1.807) is 0 Å². The summed E-state index contributed by atoms with van der Waals surface area (Å²) in [5.41, 5.74) is 7.61. The van der Waals surface area contributed by atoms with Crippen LogP contribution in [-0.4, -0.2) is 9.78 Å². The quantitative estimate of drug-likeness (QED) is 0.811. The van der Waals surface area contributed by atoms with Crippen LogP contribution in [0.25, 0.3) is 0 Å². The average molecular weight is 246 g/mol. The van der Waals surface area contributed by atoms with E-state index in [0.717, 1.165) is 31.5 Å². The molecule has 1 fully saturated rings. The number of aromatic nitrogens is 2. The molecule has 0 bridgehead atoms. The van der Waals surface area contributed by atoms with Crippen molar-refractivity contribution >= 4 is 5.82 Å². The van der Waals surface area contributed by atoms with Gasteiger partial charge in [-0.3, -0.25) is 0 Å². The lowest BCUT2D eigenvalue weighted by Gasteiger charge is -2.04. The molecule has 0 aromatic carbocycles. The summed E-state index contributed by atoms with van der Waals surface area (Å²) in [6.45, 7) is 3.01. The zero-order valence-electron chi connectivity index (χ0n) is 11.2. The van der Waals surface area contributed by atoms with Crippen molar-refractivity contribution in [1.82, 2.24) is 9.78 Å². The van der Waals surface area contributed by atoms with Gasteiger partial charge in [-0.25, -0.2) is 4.68 Å². The SMILES string of the molecule is CCCCCn1nc(C2CCCC2)c(C#N)c1N. The lowest BCUT2D eigenvalue weighted by molar-refractivity contribution is 0.545. The molecule has 1 saturated carbocycles. The van der Waals surface area contributed by atoms with E-state index in [-0.39, 0.29) is 0 Å². The number of anilines is 1. The van der Waals surface area contributed by atoms with Crippen LogP contribution in [0.3, 0.4) is 0 Å². The third kappa shape index (κ3) is 2.50. The van der Waals surface area contributed by atoms with Crippen molar-refractivity contribution in [2.45, 2.75) is 64.3 Å². The lowest BCUT2D eigenvalue weighted by Crippen LogP contribution is -2.05. The van der Waals surface area contributed by atoms with Crippen LogP contribution in [0.5, 0.6) is 0 Å². The van der Waals surface area contributed by atoms with Crippen LogP contribution >= 0.6 is 0 Å². The van der Waals surface area contributed by atoms with E-state index < -0.39 is 0 Å². The molecule has 0 amide bonds. The van der Waals surface area contributed by atoms with Crippen molar-refractivity contribution in [2.24, 2.45) is 0 Å². The van der Waals surface area contributed by atoms with Crippen LogP contribution in [0.2, 0.25) is 0 Å². The highest BCUT2D eigenvalue weighted by atomic mass is 15.3. The molecule has 4 nitrogen and oxygen atoms in total. The summed E-state index contributed by atoms with van der Waals surface area (Å²) in [7, 11) is 0. The Hall–Kier alpha value is -1.50. The topological polar surface area (TPSA) is 67.6 Å². The summed E-state index contributed by atoms with van der Waals surface area (Å²) in [5.74, 6) is 1.02. The number of nitrogens with zero attached hydrogens (tertiary/aromatic N) is 3. The molecule has 1 aromatic heterocycles. The number of hydrogen-bond donors (Lipinski definition) is 1. The minimum atomic E-state index is 0.453. The zero-order chi connectivity index (χ0) is 13.0. The smallest absolute Gasteiger partial charge is 0.140 e. The molecule has 2 rings (SSSR count). The molecule has 1 heterocycles. The first-order chi connectivity index (χ1) is 8.77. The number of nitriles is 1. The van der Waals surface area contributed by atoms with Gasteiger partial charge in [0.2, 0.25) is 0 Å². The fourth-order valence-electron chi connectivity index (χ4n) is 2.78. The summed E-state index contributed by atoms with van der Waals surface area (Å²) < 4.78 is 1.84. The van der Waals surface area contributed by atoms with E-state index >= 15 is 0 Å². The Balaban J connectivity index is 2.19. The van der Waals surface area contributed by atoms with E-state index in [9.17, 15) is 5.26 Å². The van der Waals surface area contributed by atoms with Crippen LogP contribution in [0, 0.1) is 11.3 Å². The van der Waals surface area contributed by atoms with E-state index in [1.165, 1.54) is 25.7 Å². The molecule has 0 spiro atoms. The highest BCUT2D eigenvalue weighted by molar-refractivity contribution is 5.53. The van der Waals surface area contributed by atoms with E-state index in [4.69, 9.17) is 5.73 Å². The van der Waals surface area contributed by atoms with Crippen molar-refractivity contribution in [3.63, 3.8) is 0 Å². The van der Waals surface area contributed by atoms with E-state index in [2.05, 4.69) is 18.1 Å². The molecule has 0 radical (unpaired) electrons. The van der Waals surface area contributed by atoms with Gasteiger partial charge < -0.3 is 5.73 Å². The second-order valence-corrected chi connectivity index (χ2v) is 5.17. The van der Waals surface area contributed by atoms with Crippen LogP contribution in [0.1, 0.15) is 69.0 Å². The maximum atomic E-state index is 9.26. The first kappa shape index (κ1) is 12.9. The minimum Gasteiger partial charge on any atom is -0.383 e. The summed E-state index contributed by atoms with van der Waals surface area (Å²) >= 11 is 0. The van der Waals surface area contributed by atoms with Gasteiger partial charge in [0.15, 0.2) is 0 Å². The molecule has 0 atom stereocenters. The Morgan fingerprint density at radius 1 is 1.39 bits per heavy atom. The highest BCUT2D eigenvalue weighted by Crippen LogP contribution is 2.36. The van der Waals surface area contributed by atoms with Gasteiger partial charge in [0.1, 0.15) is 17.5 Å². The number of rotatable bonds is 5. The third-order valence-electron chi connectivity index (χ3n) is 3.85. The summed E-state index contributed by atoms with van der Waals surface area (Å²) in [6, 6.07) is 2.24. The molecule has 1 aliphatic rings. The lowest BCUT2D eigenvalue weighted by atomic mass is 10.0. The summed E-state index contributed by atoms with van der Waals surface area (Å²) in [4.78, 5) is 0. The molecule has 18 heavy (non-hydrogen) atoms. The van der Waals surface area contributed by atoms with Gasteiger partial charge in [0, 0.05) is 12.5 Å². The first-order valence-corrected chi connectivity index (χ1v) is 7.04. The van der Waals surface area contributed by atoms with Gasteiger partial charge in [0.05, 0.1) is 5.69 Å². The number of hydrogen-bond acceptors (Lipinski definition) is 3. The Bertz CT molecular complexity index is 435. The molecule has 4 heteroatoms. The standard InChI is InChI=1S/C14H22N4/c1-2-3-6-9-18-14(16)12(10-15)13(17-18)11-7-4-5-8-11/h11H,2-9,16H2,1H3. The molecule has 98 valence electrons. The Kier molecular flexibility index (Phi) is 4.24. The predicted molar refractivity (Wildman–Crippen MR) is 72.1 cm³/mol. The predicted octanol–water partition coefficient (Wildman–Crippen LogP) is 3.18. The fraction of sp³-hybridized carbons (Fsp3) is 0.714. The third-order valence-corrected chi connectivity index (χ3v) is 3.85. The summed E-state index contributed by atoms with van der Waals surface area (Å²) in [5, 5.41) is 13.9. The van der Waals surface area contributed by atoms with Crippen LogP contribution < -0.4 is 5.73 Å². The minimum absolute atomic E-state index is 0.453. The molecular formula is C14H22N4. The molecular weight excluding hydrogens is 224 g/mol. The molecule has 1 aliphatic carbocycles. The monoisotopic (exact) mass is 246 g/mol. The number of nitrogen functional groups attached to an aromatic ring is 1. The molecule has 2 N–H and O–H groups in total. The zero-order valence-corrected chi connectivity index (χ0v) is 11.2. The van der Waals surface area contributed by atoms with Crippen molar-refractivity contribution < 1.29 is 0 Å². The molecule has 0 aliphatic heterocycles. The maximum absolute atomic E-state index is 9.26. The molecule has 0 unspecified atom stereocenters. The first-order valence-electron chi connectivity index (χ1n) is 7.04. The van der Waals surface area contributed by atoms with E-state index in [1.807, 2.05) is 4.68 Å². The van der Waals surface area contributed by atoms with Crippen molar-refractivity contribution in [3.8, 4) is 6.07 Å². The van der Waals surface area contributed by atoms with Gasteiger partial charge in [0.25, 0.3) is 0 Å². The highest BCUT2D eigenvalue weighted by Gasteiger charge is 2.25. The van der Waals surface area contributed by atoms with Gasteiger partial charge in [-0.05, 0) is 19.3 Å².